The highest BCUT2D eigenvalue weighted by molar-refractivity contribution is 6.76. The second-order valence-electron chi connectivity index (χ2n) is 12.6. The van der Waals surface area contributed by atoms with Crippen LogP contribution in [-0.2, 0) is 52.4 Å². The fourth-order valence-electron chi connectivity index (χ4n) is 4.26. The van der Waals surface area contributed by atoms with Crippen molar-refractivity contribution in [2.75, 3.05) is 13.2 Å². The van der Waals surface area contributed by atoms with Crippen LogP contribution in [-0.4, -0.2) is 99.3 Å². The monoisotopic (exact) mass is 632 g/mol. The van der Waals surface area contributed by atoms with Gasteiger partial charge in [0.2, 0.25) is 5.91 Å². The van der Waals surface area contributed by atoms with Crippen LogP contribution in [0.1, 0.15) is 61.3 Å². The maximum Gasteiger partial charge on any atom is 0.408 e. The van der Waals surface area contributed by atoms with Crippen molar-refractivity contribution >= 4 is 44.0 Å². The third-order valence-corrected chi connectivity index (χ3v) is 7.74. The molecule has 1 heterocycles. The third-order valence-electron chi connectivity index (χ3n) is 6.03. The fourth-order valence-corrected chi connectivity index (χ4v) is 4.97. The molecule has 1 fully saturated rings. The van der Waals surface area contributed by atoms with Crippen LogP contribution in [0.2, 0.25) is 25.7 Å². The zero-order valence-electron chi connectivity index (χ0n) is 26.9. The van der Waals surface area contributed by atoms with Crippen LogP contribution in [0.5, 0.6) is 0 Å². The molecular weight excluding hydrogens is 584 g/mol. The maximum atomic E-state index is 13.1. The molecule has 1 rings (SSSR count). The minimum absolute atomic E-state index is 0.0235. The van der Waals surface area contributed by atoms with Gasteiger partial charge in [0.25, 0.3) is 0 Å². The standard InChI is InChI=1S/C28H48N2O12Si/c1-16(31)29-23-21(41-22(15-38-17(2)32)24(39-18(3)33)25(23)40-19(4)34)12-11-20(30-27(36)42-28(5,6)7)26(35)37-13-14-43(8,9)10/h20-25H,11-15H2,1-10H3,(H,29,31)(H,30,36)/t20-,21+,22+,23-,24-,25+/m0/s1. The minimum Gasteiger partial charge on any atom is -0.464 e. The van der Waals surface area contributed by atoms with Crippen LogP contribution in [0.4, 0.5) is 4.79 Å². The summed E-state index contributed by atoms with van der Waals surface area (Å²) in [6.07, 6.45) is -5.34. The topological polar surface area (TPSA) is 182 Å². The molecule has 0 saturated carbocycles. The summed E-state index contributed by atoms with van der Waals surface area (Å²) in [5.74, 6) is -3.25. The van der Waals surface area contributed by atoms with Crippen LogP contribution in [0.25, 0.3) is 0 Å². The molecule has 6 atom stereocenters. The molecule has 0 aliphatic carbocycles. The summed E-state index contributed by atoms with van der Waals surface area (Å²) in [5, 5.41) is 5.24. The molecule has 0 unspecified atom stereocenters. The number of hydrogen-bond donors (Lipinski definition) is 2. The molecule has 2 amide bonds. The fraction of sp³-hybridized carbons (Fsp3) is 0.786. The lowest BCUT2D eigenvalue weighted by Gasteiger charge is -2.45. The van der Waals surface area contributed by atoms with Gasteiger partial charge in [-0.2, -0.15) is 0 Å². The summed E-state index contributed by atoms with van der Waals surface area (Å²) in [6.45, 7) is 16.0. The van der Waals surface area contributed by atoms with Crippen LogP contribution in [0.15, 0.2) is 0 Å². The molecule has 1 aliphatic heterocycles. The van der Waals surface area contributed by atoms with Crippen LogP contribution < -0.4 is 10.6 Å². The maximum absolute atomic E-state index is 13.1. The third kappa shape index (κ3) is 15.2. The van der Waals surface area contributed by atoms with Crippen molar-refractivity contribution in [3.05, 3.63) is 0 Å². The van der Waals surface area contributed by atoms with Crippen molar-refractivity contribution in [1.82, 2.24) is 10.6 Å². The normalized spacial score (nSPS) is 22.8. The Morgan fingerprint density at radius 3 is 1.91 bits per heavy atom. The second kappa shape index (κ2) is 16.6. The molecule has 2 N–H and O–H groups in total. The predicted octanol–water partition coefficient (Wildman–Crippen LogP) is 2.24. The van der Waals surface area contributed by atoms with E-state index in [0.717, 1.165) is 13.8 Å². The Morgan fingerprint density at radius 1 is 0.837 bits per heavy atom. The van der Waals surface area contributed by atoms with Crippen molar-refractivity contribution in [2.45, 2.75) is 129 Å². The van der Waals surface area contributed by atoms with Gasteiger partial charge in [0.05, 0.1) is 18.8 Å². The summed E-state index contributed by atoms with van der Waals surface area (Å²) in [6, 6.07) is -1.47. The first-order chi connectivity index (χ1) is 19.7. The van der Waals surface area contributed by atoms with Gasteiger partial charge in [0.15, 0.2) is 12.2 Å². The first-order valence-corrected chi connectivity index (χ1v) is 18.0. The molecule has 0 aromatic carbocycles. The first kappa shape index (κ1) is 37.8. The van der Waals surface area contributed by atoms with E-state index in [1.54, 1.807) is 20.8 Å². The van der Waals surface area contributed by atoms with E-state index in [4.69, 9.17) is 28.4 Å². The molecular formula is C28H48N2O12Si. The molecule has 1 aliphatic rings. The lowest BCUT2D eigenvalue weighted by molar-refractivity contribution is -0.224. The molecule has 1 saturated heterocycles. The van der Waals surface area contributed by atoms with Gasteiger partial charge in [-0.25, -0.2) is 9.59 Å². The lowest BCUT2D eigenvalue weighted by atomic mass is 9.89. The molecule has 246 valence electrons. The summed E-state index contributed by atoms with van der Waals surface area (Å²) >= 11 is 0. The van der Waals surface area contributed by atoms with E-state index in [2.05, 4.69) is 30.3 Å². The molecule has 14 nitrogen and oxygen atoms in total. The van der Waals surface area contributed by atoms with E-state index in [-0.39, 0.29) is 26.1 Å². The van der Waals surface area contributed by atoms with Gasteiger partial charge >= 0.3 is 30.0 Å². The minimum atomic E-state index is -1.52. The molecule has 0 aromatic rings. The highest BCUT2D eigenvalue weighted by Crippen LogP contribution is 2.30. The highest BCUT2D eigenvalue weighted by atomic mass is 28.3. The number of nitrogens with one attached hydrogen (secondary N) is 2. The van der Waals surface area contributed by atoms with E-state index < -0.39 is 86.1 Å². The van der Waals surface area contributed by atoms with Gasteiger partial charge in [-0.3, -0.25) is 19.2 Å². The smallest absolute Gasteiger partial charge is 0.408 e. The van der Waals surface area contributed by atoms with E-state index in [1.807, 2.05) is 0 Å². The lowest BCUT2D eigenvalue weighted by Crippen LogP contribution is -2.66. The zero-order valence-corrected chi connectivity index (χ0v) is 27.9. The van der Waals surface area contributed by atoms with Gasteiger partial charge in [0.1, 0.15) is 24.4 Å². The van der Waals surface area contributed by atoms with E-state index >= 15 is 0 Å². The van der Waals surface area contributed by atoms with E-state index in [1.165, 1.54) is 13.8 Å². The molecule has 15 heteroatoms. The molecule has 0 aromatic heterocycles. The van der Waals surface area contributed by atoms with Crippen LogP contribution in [0.3, 0.4) is 0 Å². The summed E-state index contributed by atoms with van der Waals surface area (Å²) in [7, 11) is -1.52. The number of amides is 2. The Hall–Kier alpha value is -3.20. The number of rotatable bonds is 13. The van der Waals surface area contributed by atoms with Crippen molar-refractivity contribution < 1.29 is 57.2 Å². The number of esters is 4. The van der Waals surface area contributed by atoms with Gasteiger partial charge in [0, 0.05) is 35.8 Å². The summed E-state index contributed by atoms with van der Waals surface area (Å²) < 4.78 is 33.0. The first-order valence-electron chi connectivity index (χ1n) is 14.2. The number of carbonyl (C=O) groups is 6. The Balaban J connectivity index is 3.36. The van der Waals surface area contributed by atoms with Gasteiger partial charge in [-0.1, -0.05) is 19.6 Å². The average Bonchev–Trinajstić information content (AvgIpc) is 2.80. The van der Waals surface area contributed by atoms with Crippen molar-refractivity contribution in [3.63, 3.8) is 0 Å². The van der Waals surface area contributed by atoms with Crippen molar-refractivity contribution in [2.24, 2.45) is 0 Å². The Labute approximate surface area is 254 Å². The number of ether oxygens (including phenoxy) is 6. The van der Waals surface area contributed by atoms with Gasteiger partial charge in [-0.05, 0) is 39.7 Å². The number of hydrogen-bond acceptors (Lipinski definition) is 12. The highest BCUT2D eigenvalue weighted by Gasteiger charge is 2.50. The van der Waals surface area contributed by atoms with E-state index in [0.29, 0.717) is 6.04 Å². The zero-order chi connectivity index (χ0) is 33.1. The predicted molar refractivity (Wildman–Crippen MR) is 156 cm³/mol. The Kier molecular flexibility index (Phi) is 14.6. The van der Waals surface area contributed by atoms with Crippen molar-refractivity contribution in [3.8, 4) is 0 Å². The van der Waals surface area contributed by atoms with Crippen molar-refractivity contribution in [1.29, 1.82) is 0 Å². The molecule has 0 spiro atoms. The van der Waals surface area contributed by atoms with E-state index in [9.17, 15) is 28.8 Å². The van der Waals surface area contributed by atoms with Gasteiger partial charge in [-0.15, -0.1) is 0 Å². The number of alkyl carbamates (subject to hydrolysis) is 1. The second-order valence-corrected chi connectivity index (χ2v) is 18.3. The SMILES string of the molecule is CC(=O)N[C@@H]1[C@@H](OC(C)=O)[C@@H](OC(C)=O)[C@@H](COC(C)=O)O[C@@H]1CC[C@H](NC(=O)OC(C)(C)C)C(=O)OCC[Si](C)(C)C. The molecule has 0 bridgehead atoms. The molecule has 43 heavy (non-hydrogen) atoms. The molecule has 0 radical (unpaired) electrons. The Bertz CT molecular complexity index is 1010. The largest absolute Gasteiger partial charge is 0.464 e. The quantitative estimate of drug-likeness (QED) is 0.172. The summed E-state index contributed by atoms with van der Waals surface area (Å²) in [4.78, 5) is 73.6. The van der Waals surface area contributed by atoms with Gasteiger partial charge < -0.3 is 39.1 Å². The van der Waals surface area contributed by atoms with Crippen LogP contribution >= 0.6 is 0 Å². The summed E-state index contributed by atoms with van der Waals surface area (Å²) in [5.41, 5.74) is -0.827. The average molecular weight is 633 g/mol. The Morgan fingerprint density at radius 2 is 1.42 bits per heavy atom. The van der Waals surface area contributed by atoms with Crippen LogP contribution in [0, 0.1) is 0 Å². The number of carbonyl (C=O) groups excluding carboxylic acids is 6.